The van der Waals surface area contributed by atoms with Crippen LogP contribution in [-0.4, -0.2) is 53.4 Å². The highest BCUT2D eigenvalue weighted by atomic mass is 35.5. The van der Waals surface area contributed by atoms with E-state index < -0.39 is 0 Å². The van der Waals surface area contributed by atoms with Gasteiger partial charge in [0.05, 0.1) is 23.5 Å². The van der Waals surface area contributed by atoms with Crippen LogP contribution < -0.4 is 9.64 Å². The number of halogens is 1. The van der Waals surface area contributed by atoms with E-state index in [-0.39, 0.29) is 5.91 Å². The molecule has 0 saturated carbocycles. The number of carbonyl (C=O) groups is 1. The first kappa shape index (κ1) is 15.3. The van der Waals surface area contributed by atoms with Gasteiger partial charge in [0.15, 0.2) is 0 Å². The Hall–Kier alpha value is -2.21. The highest BCUT2D eigenvalue weighted by Gasteiger charge is 2.28. The van der Waals surface area contributed by atoms with Gasteiger partial charge in [-0.3, -0.25) is 4.79 Å². The van der Waals surface area contributed by atoms with Crippen LogP contribution >= 0.6 is 11.6 Å². The van der Waals surface area contributed by atoms with Crippen LogP contribution in [0, 0.1) is 0 Å². The Labute approximate surface area is 145 Å². The third-order valence-electron chi connectivity index (χ3n) is 4.53. The van der Waals surface area contributed by atoms with E-state index in [1.165, 1.54) is 0 Å². The standard InChI is InChI=1S/C17H19ClN4O2/c18-14-4-1-2-5-15(14)20-7-9-21(10-8-20)16(23)13-12-19-22-6-3-11-24-17(13)22/h1-2,4-5,12H,3,6-11H2. The van der Waals surface area contributed by atoms with Crippen molar-refractivity contribution in [1.82, 2.24) is 14.7 Å². The zero-order valence-corrected chi connectivity index (χ0v) is 14.1. The third kappa shape index (κ3) is 2.71. The minimum Gasteiger partial charge on any atom is -0.477 e. The molecule has 0 spiro atoms. The van der Waals surface area contributed by atoms with Crippen molar-refractivity contribution in [1.29, 1.82) is 0 Å². The van der Waals surface area contributed by atoms with E-state index in [0.717, 1.165) is 36.8 Å². The maximum atomic E-state index is 12.8. The lowest BCUT2D eigenvalue weighted by molar-refractivity contribution is 0.0740. The van der Waals surface area contributed by atoms with Crippen molar-refractivity contribution in [3.05, 3.63) is 41.0 Å². The van der Waals surface area contributed by atoms with E-state index in [1.54, 1.807) is 10.9 Å². The molecule has 1 aromatic heterocycles. The quantitative estimate of drug-likeness (QED) is 0.837. The summed E-state index contributed by atoms with van der Waals surface area (Å²) in [6.07, 6.45) is 2.56. The molecule has 0 atom stereocenters. The van der Waals surface area contributed by atoms with Gasteiger partial charge in [0.25, 0.3) is 5.91 Å². The summed E-state index contributed by atoms with van der Waals surface area (Å²) in [6.45, 7) is 4.30. The highest BCUT2D eigenvalue weighted by molar-refractivity contribution is 6.33. The molecule has 1 amide bonds. The Morgan fingerprint density at radius 1 is 1.12 bits per heavy atom. The van der Waals surface area contributed by atoms with Gasteiger partial charge in [0.1, 0.15) is 5.56 Å². The van der Waals surface area contributed by atoms with Crippen LogP contribution in [0.1, 0.15) is 16.8 Å². The molecule has 2 aromatic rings. The molecule has 1 saturated heterocycles. The van der Waals surface area contributed by atoms with Crippen LogP contribution in [0.4, 0.5) is 5.69 Å². The summed E-state index contributed by atoms with van der Waals surface area (Å²) >= 11 is 6.27. The summed E-state index contributed by atoms with van der Waals surface area (Å²) in [4.78, 5) is 16.9. The zero-order chi connectivity index (χ0) is 16.5. The fraction of sp³-hybridized carbons (Fsp3) is 0.412. The first-order valence-corrected chi connectivity index (χ1v) is 8.59. The van der Waals surface area contributed by atoms with Gasteiger partial charge in [-0.25, -0.2) is 4.68 Å². The van der Waals surface area contributed by atoms with Gasteiger partial charge in [-0.2, -0.15) is 5.10 Å². The molecule has 4 rings (SSSR count). The molecule has 126 valence electrons. The second kappa shape index (κ2) is 6.36. The molecule has 0 unspecified atom stereocenters. The number of aryl methyl sites for hydroxylation is 1. The number of carbonyl (C=O) groups excluding carboxylic acids is 1. The number of piperazine rings is 1. The number of nitrogens with zero attached hydrogens (tertiary/aromatic N) is 4. The Bertz CT molecular complexity index is 753. The van der Waals surface area contributed by atoms with E-state index in [9.17, 15) is 4.79 Å². The molecule has 1 aromatic carbocycles. The SMILES string of the molecule is O=C(c1cnn2c1OCCC2)N1CCN(c2ccccc2Cl)CC1. The van der Waals surface area contributed by atoms with Crippen LogP contribution in [0.25, 0.3) is 0 Å². The van der Waals surface area contributed by atoms with Crippen molar-refractivity contribution in [2.75, 3.05) is 37.7 Å². The van der Waals surface area contributed by atoms with Crippen molar-refractivity contribution in [3.63, 3.8) is 0 Å². The molecule has 24 heavy (non-hydrogen) atoms. The number of ether oxygens (including phenoxy) is 1. The number of amides is 1. The summed E-state index contributed by atoms with van der Waals surface area (Å²) in [5.74, 6) is 0.608. The lowest BCUT2D eigenvalue weighted by Crippen LogP contribution is -2.49. The maximum Gasteiger partial charge on any atom is 0.261 e. The van der Waals surface area contributed by atoms with Crippen LogP contribution in [0.5, 0.6) is 5.88 Å². The van der Waals surface area contributed by atoms with Gasteiger partial charge < -0.3 is 14.5 Å². The molecule has 0 aliphatic carbocycles. The van der Waals surface area contributed by atoms with Crippen molar-refractivity contribution in [3.8, 4) is 5.88 Å². The van der Waals surface area contributed by atoms with E-state index >= 15 is 0 Å². The minimum atomic E-state index is -0.00282. The maximum absolute atomic E-state index is 12.8. The monoisotopic (exact) mass is 346 g/mol. The average Bonchev–Trinajstić information content (AvgIpc) is 3.06. The first-order chi connectivity index (χ1) is 11.7. The number of rotatable bonds is 2. The Balaban J connectivity index is 1.45. The van der Waals surface area contributed by atoms with Gasteiger partial charge in [-0.15, -0.1) is 0 Å². The predicted molar refractivity (Wildman–Crippen MR) is 91.9 cm³/mol. The second-order valence-corrected chi connectivity index (χ2v) is 6.43. The Morgan fingerprint density at radius 2 is 1.92 bits per heavy atom. The molecule has 2 aliphatic heterocycles. The van der Waals surface area contributed by atoms with Crippen molar-refractivity contribution in [2.24, 2.45) is 0 Å². The van der Waals surface area contributed by atoms with Gasteiger partial charge >= 0.3 is 0 Å². The van der Waals surface area contributed by atoms with Crippen molar-refractivity contribution in [2.45, 2.75) is 13.0 Å². The molecule has 6 nitrogen and oxygen atoms in total. The minimum absolute atomic E-state index is 0.00282. The largest absolute Gasteiger partial charge is 0.477 e. The summed E-state index contributed by atoms with van der Waals surface area (Å²) in [7, 11) is 0. The van der Waals surface area contributed by atoms with Gasteiger partial charge in [0.2, 0.25) is 5.88 Å². The number of hydrogen-bond acceptors (Lipinski definition) is 4. The molecule has 2 aliphatic rings. The molecule has 0 bridgehead atoms. The highest BCUT2D eigenvalue weighted by Crippen LogP contribution is 2.27. The first-order valence-electron chi connectivity index (χ1n) is 8.21. The van der Waals surface area contributed by atoms with Gasteiger partial charge in [-0.05, 0) is 12.1 Å². The number of aromatic nitrogens is 2. The van der Waals surface area contributed by atoms with E-state index in [2.05, 4.69) is 10.00 Å². The third-order valence-corrected chi connectivity index (χ3v) is 4.85. The number of fused-ring (bicyclic) bond motifs is 1. The summed E-state index contributed by atoms with van der Waals surface area (Å²) in [6, 6.07) is 7.82. The normalized spacial score (nSPS) is 17.4. The van der Waals surface area contributed by atoms with Crippen molar-refractivity contribution < 1.29 is 9.53 Å². The molecule has 3 heterocycles. The zero-order valence-electron chi connectivity index (χ0n) is 13.3. The number of benzene rings is 1. The topological polar surface area (TPSA) is 50.6 Å². The van der Waals surface area contributed by atoms with E-state index in [1.807, 2.05) is 29.2 Å². The lowest BCUT2D eigenvalue weighted by Gasteiger charge is -2.36. The summed E-state index contributed by atoms with van der Waals surface area (Å²) in [5.41, 5.74) is 1.60. The molecule has 0 radical (unpaired) electrons. The number of anilines is 1. The lowest BCUT2D eigenvalue weighted by atomic mass is 10.2. The Morgan fingerprint density at radius 3 is 2.71 bits per heavy atom. The molecular weight excluding hydrogens is 328 g/mol. The summed E-state index contributed by atoms with van der Waals surface area (Å²) < 4.78 is 7.41. The summed E-state index contributed by atoms with van der Waals surface area (Å²) in [5, 5.41) is 5.01. The molecule has 0 N–H and O–H groups in total. The molecule has 7 heteroatoms. The van der Waals surface area contributed by atoms with Crippen LogP contribution in [0.3, 0.4) is 0 Å². The fourth-order valence-corrected chi connectivity index (χ4v) is 3.50. The average molecular weight is 347 g/mol. The van der Waals surface area contributed by atoms with Gasteiger partial charge in [-0.1, -0.05) is 23.7 Å². The van der Waals surface area contributed by atoms with Crippen LogP contribution in [-0.2, 0) is 6.54 Å². The van der Waals surface area contributed by atoms with Crippen molar-refractivity contribution >= 4 is 23.2 Å². The van der Waals surface area contributed by atoms with Gasteiger partial charge in [0, 0.05) is 39.1 Å². The smallest absolute Gasteiger partial charge is 0.261 e. The fourth-order valence-electron chi connectivity index (χ4n) is 3.24. The molecular formula is C17H19ClN4O2. The predicted octanol–water partition coefficient (Wildman–Crippen LogP) is 2.28. The van der Waals surface area contributed by atoms with Crippen LogP contribution in [0.15, 0.2) is 30.5 Å². The Kier molecular flexibility index (Phi) is 4.06. The van der Waals surface area contributed by atoms with E-state index in [0.29, 0.717) is 31.1 Å². The van der Waals surface area contributed by atoms with E-state index in [4.69, 9.17) is 16.3 Å². The molecule has 1 fully saturated rings. The number of para-hydroxylation sites is 1. The number of hydrogen-bond donors (Lipinski definition) is 0. The van der Waals surface area contributed by atoms with Crippen LogP contribution in [0.2, 0.25) is 5.02 Å². The second-order valence-electron chi connectivity index (χ2n) is 6.02.